The highest BCUT2D eigenvalue weighted by molar-refractivity contribution is 5.93. The van der Waals surface area contributed by atoms with Gasteiger partial charge in [-0.3, -0.25) is 4.90 Å². The molecule has 200 valence electrons. The Kier molecular flexibility index (Phi) is 6.51. The molecule has 4 heterocycles. The summed E-state index contributed by atoms with van der Waals surface area (Å²) in [6, 6.07) is 17.6. The van der Waals surface area contributed by atoms with Crippen molar-refractivity contribution in [2.24, 2.45) is 0 Å². The SMILES string of the molecule is COc1cccc2c1C(Nc1ccc3cc(NC(=O)N(C)C4CC5CCC(C4)N5C(C)C)ccc3n1)CO2. The first-order valence-corrected chi connectivity index (χ1v) is 13.7. The highest BCUT2D eigenvalue weighted by atomic mass is 16.5. The van der Waals surface area contributed by atoms with Crippen LogP contribution < -0.4 is 20.1 Å². The molecule has 1 aromatic heterocycles. The summed E-state index contributed by atoms with van der Waals surface area (Å²) < 4.78 is 11.4. The maximum absolute atomic E-state index is 13.2. The first-order chi connectivity index (χ1) is 18.4. The monoisotopic (exact) mass is 515 g/mol. The van der Waals surface area contributed by atoms with Crippen molar-refractivity contribution in [3.8, 4) is 11.5 Å². The van der Waals surface area contributed by atoms with Gasteiger partial charge in [0.15, 0.2) is 0 Å². The Hall–Kier alpha value is -3.52. The minimum atomic E-state index is -0.0492. The Morgan fingerprint density at radius 2 is 1.92 bits per heavy atom. The number of ether oxygens (including phenoxy) is 2. The molecule has 0 spiro atoms. The number of pyridine rings is 1. The molecule has 3 unspecified atom stereocenters. The number of rotatable bonds is 6. The topological polar surface area (TPSA) is 79.0 Å². The number of carbonyl (C=O) groups excluding carboxylic acids is 1. The molecule has 38 heavy (non-hydrogen) atoms. The standard InChI is InChI=1S/C30H37N5O3/c1-18(2)35-21-10-11-22(35)16-23(15-21)34(3)30(36)31-20-9-12-24-19(14-20)8-13-28(32-24)33-25-17-38-27-7-5-6-26(37-4)29(25)27/h5-9,12-14,18,21-23,25H,10-11,15-17H2,1-4H3,(H,31,36)(H,32,33). The van der Waals surface area contributed by atoms with Crippen molar-refractivity contribution in [2.75, 3.05) is 31.4 Å². The van der Waals surface area contributed by atoms with Gasteiger partial charge in [-0.1, -0.05) is 6.07 Å². The average Bonchev–Trinajstić information content (AvgIpc) is 3.45. The van der Waals surface area contributed by atoms with Gasteiger partial charge >= 0.3 is 6.03 Å². The molecule has 2 N–H and O–H groups in total. The second-order valence-corrected chi connectivity index (χ2v) is 11.1. The first-order valence-electron chi connectivity index (χ1n) is 13.7. The van der Waals surface area contributed by atoms with Crippen molar-refractivity contribution in [3.63, 3.8) is 0 Å². The van der Waals surface area contributed by atoms with E-state index in [4.69, 9.17) is 14.5 Å². The molecule has 2 aromatic carbocycles. The van der Waals surface area contributed by atoms with E-state index in [1.165, 1.54) is 12.8 Å². The van der Waals surface area contributed by atoms with Gasteiger partial charge in [-0.15, -0.1) is 0 Å². The van der Waals surface area contributed by atoms with Gasteiger partial charge in [0.2, 0.25) is 0 Å². The molecule has 6 rings (SSSR count). The van der Waals surface area contributed by atoms with Gasteiger partial charge in [0.25, 0.3) is 0 Å². The number of amides is 2. The number of anilines is 2. The maximum atomic E-state index is 13.2. The Morgan fingerprint density at radius 3 is 2.66 bits per heavy atom. The van der Waals surface area contributed by atoms with E-state index >= 15 is 0 Å². The number of urea groups is 1. The molecule has 3 atom stereocenters. The van der Waals surface area contributed by atoms with Crippen molar-refractivity contribution < 1.29 is 14.3 Å². The Balaban J connectivity index is 1.12. The van der Waals surface area contributed by atoms with Gasteiger partial charge in [0.1, 0.15) is 23.9 Å². The van der Waals surface area contributed by atoms with Crippen LogP contribution in [0.1, 0.15) is 51.1 Å². The Morgan fingerprint density at radius 1 is 1.13 bits per heavy atom. The smallest absolute Gasteiger partial charge is 0.321 e. The van der Waals surface area contributed by atoms with Crippen LogP contribution in [-0.2, 0) is 0 Å². The van der Waals surface area contributed by atoms with Gasteiger partial charge in [-0.2, -0.15) is 0 Å². The molecule has 3 aromatic rings. The van der Waals surface area contributed by atoms with Gasteiger partial charge in [-0.05, 0) is 82.0 Å². The van der Waals surface area contributed by atoms with Crippen molar-refractivity contribution >= 4 is 28.4 Å². The number of piperidine rings is 1. The predicted octanol–water partition coefficient (Wildman–Crippen LogP) is 5.66. The van der Waals surface area contributed by atoms with E-state index in [-0.39, 0.29) is 18.1 Å². The molecule has 2 fully saturated rings. The van der Waals surface area contributed by atoms with Crippen molar-refractivity contribution in [1.82, 2.24) is 14.8 Å². The van der Waals surface area contributed by atoms with E-state index in [2.05, 4.69) is 29.4 Å². The number of carbonyl (C=O) groups is 1. The van der Waals surface area contributed by atoms with Gasteiger partial charge in [0, 0.05) is 42.3 Å². The number of nitrogens with zero attached hydrogens (tertiary/aromatic N) is 3. The van der Waals surface area contributed by atoms with Crippen LogP contribution in [0.4, 0.5) is 16.3 Å². The van der Waals surface area contributed by atoms with E-state index in [1.54, 1.807) is 7.11 Å². The molecule has 0 saturated carbocycles. The number of aromatic nitrogens is 1. The quantitative estimate of drug-likeness (QED) is 0.441. The number of methoxy groups -OCH3 is 1. The van der Waals surface area contributed by atoms with Gasteiger partial charge < -0.3 is 25.0 Å². The first kappa shape index (κ1) is 24.8. The zero-order chi connectivity index (χ0) is 26.4. The van der Waals surface area contributed by atoms with E-state index in [0.717, 1.165) is 52.3 Å². The molecule has 8 heteroatoms. The van der Waals surface area contributed by atoms with Crippen LogP contribution in [0.25, 0.3) is 10.9 Å². The van der Waals surface area contributed by atoms with E-state index in [0.29, 0.717) is 24.7 Å². The van der Waals surface area contributed by atoms with E-state index < -0.39 is 0 Å². The number of fused-ring (bicyclic) bond motifs is 4. The van der Waals surface area contributed by atoms with Crippen molar-refractivity contribution in [3.05, 3.63) is 54.1 Å². The number of hydrogen-bond donors (Lipinski definition) is 2. The summed E-state index contributed by atoms with van der Waals surface area (Å²) in [4.78, 5) is 22.5. The molecule has 8 nitrogen and oxygen atoms in total. The minimum Gasteiger partial charge on any atom is -0.496 e. The fourth-order valence-electron chi connectivity index (χ4n) is 6.73. The molecule has 2 bridgehead atoms. The van der Waals surface area contributed by atoms with Gasteiger partial charge in [-0.25, -0.2) is 9.78 Å². The third-order valence-electron chi connectivity index (χ3n) is 8.49. The molecule has 3 aliphatic rings. The Labute approximate surface area is 224 Å². The third kappa shape index (κ3) is 4.51. The second-order valence-electron chi connectivity index (χ2n) is 11.1. The van der Waals surface area contributed by atoms with E-state index in [9.17, 15) is 4.79 Å². The largest absolute Gasteiger partial charge is 0.496 e. The molecule has 0 radical (unpaired) electrons. The van der Waals surface area contributed by atoms with Crippen molar-refractivity contribution in [2.45, 2.75) is 69.7 Å². The average molecular weight is 516 g/mol. The van der Waals surface area contributed by atoms with Gasteiger partial charge in [0.05, 0.1) is 24.2 Å². The summed E-state index contributed by atoms with van der Waals surface area (Å²) in [6.45, 7) is 5.09. The van der Waals surface area contributed by atoms with E-state index in [1.807, 2.05) is 60.5 Å². The molecule has 2 saturated heterocycles. The zero-order valence-electron chi connectivity index (χ0n) is 22.6. The molecule has 2 amide bonds. The lowest BCUT2D eigenvalue weighted by Crippen LogP contribution is -2.53. The molecular formula is C30H37N5O3. The van der Waals surface area contributed by atoms with Crippen LogP contribution >= 0.6 is 0 Å². The molecule has 3 aliphatic heterocycles. The lowest BCUT2D eigenvalue weighted by atomic mass is 9.95. The van der Waals surface area contributed by atoms with Crippen LogP contribution in [0.3, 0.4) is 0 Å². The summed E-state index contributed by atoms with van der Waals surface area (Å²) in [7, 11) is 3.61. The lowest BCUT2D eigenvalue weighted by Gasteiger charge is -2.44. The van der Waals surface area contributed by atoms with Crippen LogP contribution in [-0.4, -0.2) is 65.7 Å². The molecule has 0 aliphatic carbocycles. The van der Waals surface area contributed by atoms with Crippen LogP contribution in [0.5, 0.6) is 11.5 Å². The summed E-state index contributed by atoms with van der Waals surface area (Å²) in [6.07, 6.45) is 4.60. The molecular weight excluding hydrogens is 478 g/mol. The second kappa shape index (κ2) is 9.98. The predicted molar refractivity (Wildman–Crippen MR) is 150 cm³/mol. The summed E-state index contributed by atoms with van der Waals surface area (Å²) in [5.74, 6) is 2.41. The number of nitrogens with one attached hydrogen (secondary N) is 2. The maximum Gasteiger partial charge on any atom is 0.321 e. The number of benzene rings is 2. The summed E-state index contributed by atoms with van der Waals surface area (Å²) in [5.41, 5.74) is 2.66. The van der Waals surface area contributed by atoms with Crippen LogP contribution in [0.2, 0.25) is 0 Å². The zero-order valence-corrected chi connectivity index (χ0v) is 22.6. The van der Waals surface area contributed by atoms with Crippen molar-refractivity contribution in [1.29, 1.82) is 0 Å². The highest BCUT2D eigenvalue weighted by Gasteiger charge is 2.43. The fourth-order valence-corrected chi connectivity index (χ4v) is 6.73. The highest BCUT2D eigenvalue weighted by Crippen LogP contribution is 2.41. The Bertz CT molecular complexity index is 1330. The lowest BCUT2D eigenvalue weighted by molar-refractivity contribution is 0.0605. The summed E-state index contributed by atoms with van der Waals surface area (Å²) >= 11 is 0. The fraction of sp³-hybridized carbons (Fsp3) is 0.467. The van der Waals surface area contributed by atoms with Crippen LogP contribution in [0, 0.1) is 0 Å². The number of hydrogen-bond acceptors (Lipinski definition) is 6. The normalized spacial score (nSPS) is 24.2. The van der Waals surface area contributed by atoms with Crippen LogP contribution in [0.15, 0.2) is 48.5 Å². The third-order valence-corrected chi connectivity index (χ3v) is 8.49. The summed E-state index contributed by atoms with van der Waals surface area (Å²) in [5, 5.41) is 7.57. The minimum absolute atomic E-state index is 0.0390.